The first-order valence-corrected chi connectivity index (χ1v) is 17.7. The van der Waals surface area contributed by atoms with Crippen molar-refractivity contribution in [3.05, 3.63) is 131 Å². The summed E-state index contributed by atoms with van der Waals surface area (Å²) in [5.41, 5.74) is 6.17. The van der Waals surface area contributed by atoms with E-state index in [-0.39, 0.29) is 17.0 Å². The maximum absolute atomic E-state index is 13.7. The zero-order chi connectivity index (χ0) is 36.0. The first kappa shape index (κ1) is 37.6. The third-order valence-corrected chi connectivity index (χ3v) is 10.6. The number of quaternary nitrogens is 1. The standard InChI is InChI=1S/C44H40F6N.BrH/c1-3-5-23-51(24-6-4-2)27-39-37(29-15-19-33(20-16-29)43(45,46)47)25-31-11-7-9-13-35(31)41(39)42-36-14-10-8-12-32(36)26-38(40(42)28-51)30-17-21-34(22-18-30)44(48,49)50;/h7-22,25-26H,3-6,23-24,27-28H2,1-2H3;1H/q+1;/p-1. The Hall–Kier alpha value is -4.14. The molecule has 6 aromatic rings. The highest BCUT2D eigenvalue weighted by molar-refractivity contribution is 6.12. The number of benzene rings is 6. The summed E-state index contributed by atoms with van der Waals surface area (Å²) in [5, 5.41) is 4.04. The molecule has 0 fully saturated rings. The molecule has 8 heteroatoms. The molecule has 0 bridgehead atoms. The van der Waals surface area contributed by atoms with Gasteiger partial charge in [0, 0.05) is 22.3 Å². The lowest BCUT2D eigenvalue weighted by molar-refractivity contribution is -0.953. The molecule has 1 heterocycles. The second kappa shape index (κ2) is 14.7. The van der Waals surface area contributed by atoms with Crippen molar-refractivity contribution in [1.82, 2.24) is 0 Å². The summed E-state index contributed by atoms with van der Waals surface area (Å²) in [6, 6.07) is 31.6. The van der Waals surface area contributed by atoms with Crippen LogP contribution in [0.5, 0.6) is 0 Å². The smallest absolute Gasteiger partial charge is 0.416 e. The monoisotopic (exact) mass is 775 g/mol. The minimum atomic E-state index is -4.45. The van der Waals surface area contributed by atoms with Gasteiger partial charge in [-0.25, -0.2) is 0 Å². The number of hydrogen-bond donors (Lipinski definition) is 0. The SMILES string of the molecule is CCCC[N+]1(CCCC)Cc2c(-c3ccc(C(F)(F)F)cc3)cc3ccccc3c2-c2c(c(-c3ccc(C(F)(F)F)cc3)cc3ccccc23)C1.[Br-]. The van der Waals surface area contributed by atoms with Crippen LogP contribution in [-0.4, -0.2) is 17.6 Å². The predicted molar refractivity (Wildman–Crippen MR) is 195 cm³/mol. The number of alkyl halides is 6. The molecular formula is C44H40BrF6N. The van der Waals surface area contributed by atoms with E-state index in [1.54, 1.807) is 24.3 Å². The van der Waals surface area contributed by atoms with Crippen LogP contribution in [0.25, 0.3) is 54.9 Å². The van der Waals surface area contributed by atoms with Crippen LogP contribution < -0.4 is 17.0 Å². The van der Waals surface area contributed by atoms with Crippen molar-refractivity contribution in [2.45, 2.75) is 65.0 Å². The van der Waals surface area contributed by atoms with Gasteiger partial charge in [0.15, 0.2) is 0 Å². The first-order chi connectivity index (χ1) is 24.4. The minimum absolute atomic E-state index is 0. The molecule has 1 aliphatic heterocycles. The summed E-state index contributed by atoms with van der Waals surface area (Å²) in [6.07, 6.45) is -4.92. The molecule has 0 amide bonds. The van der Waals surface area contributed by atoms with Gasteiger partial charge in [-0.3, -0.25) is 0 Å². The Morgan fingerprint density at radius 2 is 0.885 bits per heavy atom. The van der Waals surface area contributed by atoms with Crippen LogP contribution in [0.4, 0.5) is 26.3 Å². The van der Waals surface area contributed by atoms with Gasteiger partial charge in [-0.05, 0) is 93.0 Å². The molecule has 0 N–H and O–H groups in total. The molecule has 0 saturated heterocycles. The van der Waals surface area contributed by atoms with Crippen molar-refractivity contribution in [3.63, 3.8) is 0 Å². The van der Waals surface area contributed by atoms with Crippen molar-refractivity contribution in [2.24, 2.45) is 0 Å². The molecule has 270 valence electrons. The van der Waals surface area contributed by atoms with Crippen LogP contribution >= 0.6 is 0 Å². The molecule has 0 spiro atoms. The second-order valence-electron chi connectivity index (χ2n) is 14.0. The van der Waals surface area contributed by atoms with E-state index >= 15 is 0 Å². The largest absolute Gasteiger partial charge is 1.00 e. The fraction of sp³-hybridized carbons (Fsp3) is 0.273. The Kier molecular flexibility index (Phi) is 10.6. The normalized spacial score (nSPS) is 14.1. The topological polar surface area (TPSA) is 0 Å². The van der Waals surface area contributed by atoms with Gasteiger partial charge in [0.25, 0.3) is 0 Å². The van der Waals surface area contributed by atoms with Crippen molar-refractivity contribution in [2.75, 3.05) is 13.1 Å². The number of rotatable bonds is 8. The lowest BCUT2D eigenvalue weighted by Gasteiger charge is -2.39. The molecule has 1 nitrogen and oxygen atoms in total. The van der Waals surface area contributed by atoms with E-state index in [0.717, 1.165) is 134 Å². The van der Waals surface area contributed by atoms with Crippen LogP contribution in [-0.2, 0) is 25.4 Å². The fourth-order valence-corrected chi connectivity index (χ4v) is 8.01. The van der Waals surface area contributed by atoms with E-state index in [2.05, 4.69) is 38.1 Å². The van der Waals surface area contributed by atoms with Gasteiger partial charge >= 0.3 is 12.4 Å². The average molecular weight is 777 g/mol. The van der Waals surface area contributed by atoms with Crippen LogP contribution in [0.1, 0.15) is 61.8 Å². The van der Waals surface area contributed by atoms with Gasteiger partial charge in [-0.1, -0.05) is 99.5 Å². The maximum atomic E-state index is 13.7. The molecule has 52 heavy (non-hydrogen) atoms. The lowest BCUT2D eigenvalue weighted by Crippen LogP contribution is -3.00. The molecule has 0 aliphatic carbocycles. The summed E-state index contributed by atoms with van der Waals surface area (Å²) < 4.78 is 83.0. The van der Waals surface area contributed by atoms with E-state index < -0.39 is 23.5 Å². The van der Waals surface area contributed by atoms with Crippen LogP contribution in [0.3, 0.4) is 0 Å². The first-order valence-electron chi connectivity index (χ1n) is 17.7. The van der Waals surface area contributed by atoms with Crippen molar-refractivity contribution < 1.29 is 47.8 Å². The van der Waals surface area contributed by atoms with Gasteiger partial charge in [0.2, 0.25) is 0 Å². The molecule has 0 saturated carbocycles. The molecule has 0 atom stereocenters. The minimum Gasteiger partial charge on any atom is -1.00 e. The second-order valence-corrected chi connectivity index (χ2v) is 14.0. The summed E-state index contributed by atoms with van der Waals surface area (Å²) in [6.45, 7) is 7.50. The van der Waals surface area contributed by atoms with E-state index in [9.17, 15) is 26.3 Å². The zero-order valence-corrected chi connectivity index (χ0v) is 30.7. The Labute approximate surface area is 311 Å². The van der Waals surface area contributed by atoms with E-state index in [1.807, 2.05) is 36.4 Å². The van der Waals surface area contributed by atoms with E-state index in [4.69, 9.17) is 0 Å². The third-order valence-electron chi connectivity index (χ3n) is 10.6. The van der Waals surface area contributed by atoms with Gasteiger partial charge in [-0.2, -0.15) is 26.3 Å². The molecular weight excluding hydrogens is 736 g/mol. The highest BCUT2D eigenvalue weighted by Gasteiger charge is 2.38. The van der Waals surface area contributed by atoms with Gasteiger partial charge < -0.3 is 21.5 Å². The van der Waals surface area contributed by atoms with E-state index in [0.29, 0.717) is 13.1 Å². The van der Waals surface area contributed by atoms with Crippen LogP contribution in [0.15, 0.2) is 109 Å². The Balaban J connectivity index is 0.00000464. The van der Waals surface area contributed by atoms with Crippen molar-refractivity contribution >= 4 is 21.5 Å². The molecule has 0 radical (unpaired) electrons. The quantitative estimate of drug-likeness (QED) is 0.107. The average Bonchev–Trinajstić information content (AvgIpc) is 3.27. The number of hydrogen-bond acceptors (Lipinski definition) is 0. The summed E-state index contributed by atoms with van der Waals surface area (Å²) >= 11 is 0. The molecule has 1 aliphatic rings. The van der Waals surface area contributed by atoms with Gasteiger partial charge in [-0.15, -0.1) is 0 Å². The Bertz CT molecular complexity index is 2040. The maximum Gasteiger partial charge on any atom is 0.416 e. The predicted octanol–water partition coefficient (Wildman–Crippen LogP) is 10.5. The van der Waals surface area contributed by atoms with Crippen LogP contribution in [0, 0.1) is 0 Å². The Morgan fingerprint density at radius 1 is 0.519 bits per heavy atom. The number of fused-ring (bicyclic) bond motifs is 7. The van der Waals surface area contributed by atoms with Crippen molar-refractivity contribution in [3.8, 4) is 33.4 Å². The van der Waals surface area contributed by atoms with E-state index in [1.165, 1.54) is 0 Å². The molecule has 0 unspecified atom stereocenters. The fourth-order valence-electron chi connectivity index (χ4n) is 8.01. The lowest BCUT2D eigenvalue weighted by atomic mass is 9.82. The molecule has 7 rings (SSSR count). The van der Waals surface area contributed by atoms with Crippen LogP contribution in [0.2, 0.25) is 0 Å². The number of halogens is 7. The molecule has 0 aromatic heterocycles. The van der Waals surface area contributed by atoms with Gasteiger partial charge in [0.05, 0.1) is 24.2 Å². The van der Waals surface area contributed by atoms with Crippen molar-refractivity contribution in [1.29, 1.82) is 0 Å². The third kappa shape index (κ3) is 7.12. The highest BCUT2D eigenvalue weighted by Crippen LogP contribution is 2.50. The zero-order valence-electron chi connectivity index (χ0n) is 29.1. The van der Waals surface area contributed by atoms with Gasteiger partial charge in [0.1, 0.15) is 13.1 Å². The molecule has 6 aromatic carbocycles. The Morgan fingerprint density at radius 3 is 1.23 bits per heavy atom. The number of unbranched alkanes of at least 4 members (excludes halogenated alkanes) is 2. The highest BCUT2D eigenvalue weighted by atomic mass is 79.9. The summed E-state index contributed by atoms with van der Waals surface area (Å²) in [7, 11) is 0. The summed E-state index contributed by atoms with van der Waals surface area (Å²) in [5.74, 6) is 0. The number of nitrogens with zero attached hydrogens (tertiary/aromatic N) is 1. The summed E-state index contributed by atoms with van der Waals surface area (Å²) in [4.78, 5) is 0.